The van der Waals surface area contributed by atoms with E-state index in [4.69, 9.17) is 76.0 Å². The first-order valence-corrected chi connectivity index (χ1v) is 42.4. The second-order valence-electron chi connectivity index (χ2n) is 34.9. The van der Waals surface area contributed by atoms with Crippen molar-refractivity contribution in [1.82, 2.24) is 11.0 Å². The number of hydrogen-bond donors (Lipinski definition) is 6. The summed E-state index contributed by atoms with van der Waals surface area (Å²) in [5.41, 5.74) is 5.15. The predicted octanol–water partition coefficient (Wildman–Crippen LogP) is 10.8. The first-order valence-electron chi connectivity index (χ1n) is 42.4. The molecule has 6 N–H and O–H groups in total. The maximum Gasteiger partial charge on any atom is 0.316 e. The number of ether oxygens (including phenoxy) is 14. The van der Waals surface area contributed by atoms with Crippen LogP contribution in [0.25, 0.3) is 0 Å². The van der Waals surface area contributed by atoms with Crippen molar-refractivity contribution >= 4 is 23.8 Å². The summed E-state index contributed by atoms with van der Waals surface area (Å²) >= 11 is 0. The molecule has 2 unspecified atom stereocenters. The molecule has 12 aliphatic rings. The summed E-state index contributed by atoms with van der Waals surface area (Å²) in [7, 11) is 3.16. The van der Waals surface area contributed by atoms with Gasteiger partial charge in [0.05, 0.1) is 74.3 Å². The van der Waals surface area contributed by atoms with E-state index in [2.05, 4.69) is 76.8 Å². The molecule has 2 aliphatic carbocycles. The molecule has 10 heterocycles. The fourth-order valence-electron chi connectivity index (χ4n) is 19.2. The number of methoxy groups -OCH3 is 2. The van der Waals surface area contributed by atoms with Crippen LogP contribution in [0.3, 0.4) is 0 Å². The number of amides is 2. The van der Waals surface area contributed by atoms with Crippen molar-refractivity contribution < 1.29 is 116 Å². The molecule has 26 nitrogen and oxygen atoms in total. The van der Waals surface area contributed by atoms with Gasteiger partial charge < -0.3 is 86.7 Å². The molecule has 0 radical (unpaired) electrons. The van der Waals surface area contributed by atoms with E-state index < -0.39 is 157 Å². The number of rotatable bonds is 20. The van der Waals surface area contributed by atoms with Gasteiger partial charge in [0.1, 0.15) is 71.9 Å². The molecule has 2 spiro atoms. The zero-order valence-electron chi connectivity index (χ0n) is 70.2. The van der Waals surface area contributed by atoms with Gasteiger partial charge in [-0.25, -0.2) is 11.0 Å². The summed E-state index contributed by atoms with van der Waals surface area (Å²) in [6, 6.07) is 0. The van der Waals surface area contributed by atoms with Crippen LogP contribution < -0.4 is 11.0 Å². The van der Waals surface area contributed by atoms with Crippen molar-refractivity contribution in [2.24, 2.45) is 47.3 Å². The van der Waals surface area contributed by atoms with E-state index >= 15 is 0 Å². The number of hydroxylamine groups is 2. The van der Waals surface area contributed by atoms with Crippen molar-refractivity contribution in [1.29, 1.82) is 0 Å². The van der Waals surface area contributed by atoms with Crippen LogP contribution in [0.5, 0.6) is 0 Å². The minimum atomic E-state index is -1.89. The number of unbranched alkanes of at least 4 members (excludes halogenated alkanes) is 2. The minimum absolute atomic E-state index is 0.0128. The molecule has 6 saturated heterocycles. The Labute approximate surface area is 679 Å². The Balaban J connectivity index is 0.628. The van der Waals surface area contributed by atoms with Crippen molar-refractivity contribution in [2.45, 2.75) is 338 Å². The second kappa shape index (κ2) is 38.1. The minimum Gasteiger partial charge on any atom is -0.462 e. The lowest BCUT2D eigenvalue weighted by Gasteiger charge is -2.48. The van der Waals surface area contributed by atoms with Crippen molar-refractivity contribution in [2.75, 3.05) is 27.4 Å². The predicted molar refractivity (Wildman–Crippen MR) is 422 cm³/mol. The van der Waals surface area contributed by atoms with Gasteiger partial charge >= 0.3 is 11.9 Å². The third-order valence-electron chi connectivity index (χ3n) is 26.4. The van der Waals surface area contributed by atoms with E-state index in [9.17, 15) is 39.6 Å². The summed E-state index contributed by atoms with van der Waals surface area (Å²) in [5, 5.41) is 48.1. The molecule has 0 aromatic rings. The second-order valence-corrected chi connectivity index (χ2v) is 34.9. The topological polar surface area (TPSA) is 321 Å². The number of carbonyl (C=O) groups is 4. The van der Waals surface area contributed by atoms with Crippen LogP contribution in [0.15, 0.2) is 119 Å². The zero-order valence-corrected chi connectivity index (χ0v) is 70.2. The first kappa shape index (κ1) is 88.8. The van der Waals surface area contributed by atoms with Crippen LogP contribution >= 0.6 is 0 Å². The number of allylic oxidation sites excluding steroid dienone is 4. The molecule has 0 saturated carbocycles. The van der Waals surface area contributed by atoms with Crippen molar-refractivity contribution in [3.8, 4) is 0 Å². The number of aliphatic hydroxyl groups is 4. The molecule has 12 rings (SSSR count). The molecule has 4 bridgehead atoms. The smallest absolute Gasteiger partial charge is 0.316 e. The highest BCUT2D eigenvalue weighted by Gasteiger charge is 2.62. The van der Waals surface area contributed by atoms with Crippen LogP contribution in [-0.2, 0) is 95.2 Å². The van der Waals surface area contributed by atoms with Gasteiger partial charge in [-0.3, -0.25) is 28.9 Å². The number of hydrogen-bond acceptors (Lipinski definition) is 24. The Bertz CT molecular complexity index is 3500. The van der Waals surface area contributed by atoms with Gasteiger partial charge in [0.15, 0.2) is 24.2 Å². The average molecular weight is 1610 g/mol. The van der Waals surface area contributed by atoms with Crippen LogP contribution in [0.2, 0.25) is 0 Å². The molecule has 6 fully saturated rings. The van der Waals surface area contributed by atoms with Crippen molar-refractivity contribution in [3.63, 3.8) is 0 Å². The molecular formula is C89H130N2O24. The van der Waals surface area contributed by atoms with Crippen molar-refractivity contribution in [3.05, 3.63) is 119 Å². The molecule has 115 heavy (non-hydrogen) atoms. The maximum absolute atomic E-state index is 14.5. The van der Waals surface area contributed by atoms with Gasteiger partial charge in [0.25, 0.3) is 0 Å². The van der Waals surface area contributed by atoms with Crippen LogP contribution in [0.4, 0.5) is 0 Å². The van der Waals surface area contributed by atoms with E-state index in [1.54, 1.807) is 52.4 Å². The Hall–Kier alpha value is -5.44. The van der Waals surface area contributed by atoms with Crippen LogP contribution in [0.1, 0.15) is 193 Å². The highest BCUT2D eigenvalue weighted by atomic mass is 16.7. The maximum atomic E-state index is 14.5. The van der Waals surface area contributed by atoms with Crippen LogP contribution in [0, 0.1) is 47.3 Å². The number of esters is 2. The van der Waals surface area contributed by atoms with E-state index in [1.807, 2.05) is 78.0 Å². The highest BCUT2D eigenvalue weighted by Crippen LogP contribution is 2.50. The number of aliphatic hydroxyl groups excluding tert-OH is 2. The molecule has 0 aromatic carbocycles. The lowest BCUT2D eigenvalue weighted by Crippen LogP contribution is -2.58. The highest BCUT2D eigenvalue weighted by molar-refractivity contribution is 5.80. The van der Waals surface area contributed by atoms with E-state index in [0.29, 0.717) is 67.2 Å². The van der Waals surface area contributed by atoms with Gasteiger partial charge in [-0.1, -0.05) is 148 Å². The summed E-state index contributed by atoms with van der Waals surface area (Å²) in [6.07, 6.45) is 19.7. The average Bonchev–Trinajstić information content (AvgIpc) is 1.60. The summed E-state index contributed by atoms with van der Waals surface area (Å²) in [4.78, 5) is 67.9. The standard InChI is InChI=1S/C89H130N2O24/c1-17-48(3)78-54(9)34-36-86(112-78)44-64-40-62(110-86)32-30-52(7)76(50(5)24-22-26-60-46-102-82-74(94)56(11)38-66(84(96)106-64)88(60,82)98)108-72-42-68(100-15)80(58(13)104-72)114-90-70(92)28-20-19-21-29-71(93)91-115-81-59(14)105-73(43-69(81)101-16)109-77-51(6)25-23-27-61-47-103-83-75(95)57(12)39-67(89(61,83)99)85(97)107-65-41-63(33-31-53(77)8)111-87(45-65)37-35-55(10)79(113-87)49(4)18-2/h22-27,30-31,34-39,48-51,54-55,58-59,62-69,72-83,94-95,98-99H,17-21,28-29,32-33,40-47H2,1-16H3,(H,90,92)(H,91,93)/b24-22+,25-23+,52-30+,53-31+,60-26+,61-27+/t48?,49?,50-,51-,54-,55-,58-,59-,62+,63+,64-,65-,66-,67-,68-,69-,72-,73-,74+,75+,76-,77-,78+,79+,80-,81-,82+,83+,86+,87+,88+,89+/m0/s1. The largest absolute Gasteiger partial charge is 0.462 e. The third-order valence-corrected chi connectivity index (χ3v) is 26.4. The summed E-state index contributed by atoms with van der Waals surface area (Å²) < 4.78 is 91.9. The molecule has 32 atom stereocenters. The number of carbonyl (C=O) groups excluding carboxylic acids is 4. The van der Waals surface area contributed by atoms with Gasteiger partial charge in [-0.05, 0) is 125 Å². The monoisotopic (exact) mass is 1610 g/mol. The van der Waals surface area contributed by atoms with Gasteiger partial charge in [-0.15, -0.1) is 0 Å². The quantitative estimate of drug-likeness (QED) is 0.0285. The summed E-state index contributed by atoms with van der Waals surface area (Å²) in [5.74, 6) is -6.42. The molecular weight excluding hydrogens is 1480 g/mol. The molecule has 10 aliphatic heterocycles. The van der Waals surface area contributed by atoms with Crippen LogP contribution in [-0.4, -0.2) is 217 Å². The molecule has 2 amide bonds. The Morgan fingerprint density at radius 2 is 0.939 bits per heavy atom. The SMILES string of the molecule is CCC(C)[C@H]1O[C@]2(C=C[C@@H]1C)C[C@@H]1C[C@@H](C/C=C(\C)[C@@H](O[C@H]3C[C@H](OC)[C@@H](ONC(=O)CCCCCC(=O)NO[C@H]4[C@H](C)O[C@@H](O[C@@H]5/C(C)=C/C[C@@H]6C[C@@H](C[C@]7(C=C[C@H](C)[C@@H](C(C)CC)O7)O6)OC(=O)[C@@H]6C=C(C)[C@@H](O)[C@H]7OC/C(=C\C=C\[C@@H]5C)[C@]76O)C[C@@H]4OC)[C@H](C)O3)[C@@H](C)/C=C/C=C3\CO[C@@H]4[C@H](O)C(C)=C[C@@H](C(=O)O1)[C@]34O)O2. The Kier molecular flexibility index (Phi) is 29.4. The van der Waals surface area contributed by atoms with E-state index in [0.717, 1.165) is 24.0 Å². The molecule has 26 heteroatoms. The fourth-order valence-corrected chi connectivity index (χ4v) is 19.2. The van der Waals surface area contributed by atoms with E-state index in [-0.39, 0.29) is 111 Å². The Morgan fingerprint density at radius 1 is 0.539 bits per heavy atom. The van der Waals surface area contributed by atoms with Gasteiger partial charge in [0.2, 0.25) is 11.8 Å². The van der Waals surface area contributed by atoms with Gasteiger partial charge in [0, 0.05) is 89.3 Å². The lowest BCUT2D eigenvalue weighted by molar-refractivity contribution is -0.301. The normalized spacial score (nSPS) is 45.3. The third kappa shape index (κ3) is 19.6. The molecule has 640 valence electrons. The fraction of sp³-hybridized carbons (Fsp3) is 0.730. The first-order chi connectivity index (χ1) is 54.8. The lowest BCUT2D eigenvalue weighted by atomic mass is 9.71. The van der Waals surface area contributed by atoms with Gasteiger partial charge in [-0.2, -0.15) is 0 Å². The molecule has 0 aromatic heterocycles. The zero-order chi connectivity index (χ0) is 82.6. The number of fused-ring (bicyclic) bond motifs is 4. The Morgan fingerprint density at radius 3 is 1.32 bits per heavy atom. The summed E-state index contributed by atoms with van der Waals surface area (Å²) in [6.45, 7) is 28.1. The number of nitrogens with one attached hydrogen (secondary N) is 2. The van der Waals surface area contributed by atoms with E-state index in [1.165, 1.54) is 0 Å².